The minimum Gasteiger partial charge on any atom is -0.326 e. The number of nitrogens with zero attached hydrogens (tertiary/aromatic N) is 3. The average Bonchev–Trinajstić information content (AvgIpc) is 2.82. The van der Waals surface area contributed by atoms with Gasteiger partial charge in [0.1, 0.15) is 12.1 Å². The highest BCUT2D eigenvalue weighted by Crippen LogP contribution is 2.22. The Bertz CT molecular complexity index is 530. The van der Waals surface area contributed by atoms with Gasteiger partial charge < -0.3 is 5.73 Å². The number of hydrogen-bond donors (Lipinski definition) is 1. The van der Waals surface area contributed by atoms with E-state index in [0.717, 1.165) is 24.2 Å². The van der Waals surface area contributed by atoms with E-state index in [1.165, 1.54) is 24.2 Å². The summed E-state index contributed by atoms with van der Waals surface area (Å²) < 4.78 is 2.10. The van der Waals surface area contributed by atoms with Crippen molar-refractivity contribution in [1.82, 2.24) is 14.5 Å². The quantitative estimate of drug-likeness (QED) is 0.849. The molecule has 0 fully saturated rings. The topological polar surface area (TPSA) is 56.7 Å². The minimum absolute atomic E-state index is 0.548. The van der Waals surface area contributed by atoms with Crippen LogP contribution in [0.25, 0.3) is 5.82 Å². The number of imidazole rings is 1. The van der Waals surface area contributed by atoms with Crippen LogP contribution in [0.3, 0.4) is 0 Å². The summed E-state index contributed by atoms with van der Waals surface area (Å²) in [6, 6.07) is 3.99. The lowest BCUT2D eigenvalue weighted by Crippen LogP contribution is -2.08. The fraction of sp³-hybridized carbons (Fsp3) is 0.385. The van der Waals surface area contributed by atoms with Gasteiger partial charge in [-0.25, -0.2) is 9.97 Å². The van der Waals surface area contributed by atoms with Crippen LogP contribution in [0.4, 0.5) is 0 Å². The lowest BCUT2D eigenvalue weighted by atomic mass is 10.0. The van der Waals surface area contributed by atoms with E-state index in [1.807, 2.05) is 24.7 Å². The highest BCUT2D eigenvalue weighted by Gasteiger charge is 2.16. The summed E-state index contributed by atoms with van der Waals surface area (Å²) in [5.41, 5.74) is 9.31. The molecule has 88 valence electrons. The van der Waals surface area contributed by atoms with E-state index in [9.17, 15) is 0 Å². The number of hydrogen-bond acceptors (Lipinski definition) is 3. The van der Waals surface area contributed by atoms with Crippen LogP contribution in [0, 0.1) is 0 Å². The molecule has 0 saturated carbocycles. The Morgan fingerprint density at radius 1 is 1.24 bits per heavy atom. The smallest absolute Gasteiger partial charge is 0.138 e. The van der Waals surface area contributed by atoms with Crippen molar-refractivity contribution in [2.45, 2.75) is 32.2 Å². The molecule has 2 heterocycles. The third-order valence-corrected chi connectivity index (χ3v) is 3.32. The predicted octanol–water partition coefficient (Wildman–Crippen LogP) is 1.60. The third-order valence-electron chi connectivity index (χ3n) is 3.32. The molecule has 0 spiro atoms. The largest absolute Gasteiger partial charge is 0.326 e. The lowest BCUT2D eigenvalue weighted by Gasteiger charge is -2.13. The Kier molecular flexibility index (Phi) is 2.65. The second-order valence-electron chi connectivity index (χ2n) is 4.44. The van der Waals surface area contributed by atoms with E-state index in [1.54, 1.807) is 0 Å². The van der Waals surface area contributed by atoms with E-state index in [4.69, 9.17) is 5.73 Å². The van der Waals surface area contributed by atoms with Crippen molar-refractivity contribution in [3.8, 4) is 5.82 Å². The number of rotatable bonds is 2. The van der Waals surface area contributed by atoms with Gasteiger partial charge in [0, 0.05) is 18.4 Å². The summed E-state index contributed by atoms with van der Waals surface area (Å²) in [6.07, 6.45) is 8.39. The Morgan fingerprint density at radius 3 is 3.00 bits per heavy atom. The van der Waals surface area contributed by atoms with Gasteiger partial charge in [-0.05, 0) is 43.4 Å². The van der Waals surface area contributed by atoms with Gasteiger partial charge in [0.05, 0.1) is 5.69 Å². The molecule has 0 amide bonds. The molecule has 0 unspecified atom stereocenters. The second kappa shape index (κ2) is 4.30. The summed E-state index contributed by atoms with van der Waals surface area (Å²) in [5.74, 6) is 0.934. The molecular weight excluding hydrogens is 212 g/mol. The Labute approximate surface area is 101 Å². The van der Waals surface area contributed by atoms with Crippen molar-refractivity contribution in [2.75, 3.05) is 0 Å². The van der Waals surface area contributed by atoms with E-state index in [-0.39, 0.29) is 0 Å². The maximum absolute atomic E-state index is 5.66. The highest BCUT2D eigenvalue weighted by atomic mass is 15.1. The molecule has 0 radical (unpaired) electrons. The van der Waals surface area contributed by atoms with Crippen LogP contribution in [-0.2, 0) is 19.4 Å². The molecule has 17 heavy (non-hydrogen) atoms. The zero-order valence-corrected chi connectivity index (χ0v) is 9.76. The fourth-order valence-corrected chi connectivity index (χ4v) is 2.39. The molecule has 0 aromatic carbocycles. The van der Waals surface area contributed by atoms with E-state index < -0.39 is 0 Å². The van der Waals surface area contributed by atoms with Crippen LogP contribution in [0.15, 0.2) is 24.7 Å². The van der Waals surface area contributed by atoms with Crippen LogP contribution < -0.4 is 5.73 Å². The van der Waals surface area contributed by atoms with Gasteiger partial charge >= 0.3 is 0 Å². The summed E-state index contributed by atoms with van der Waals surface area (Å²) in [4.78, 5) is 8.89. The van der Waals surface area contributed by atoms with Crippen LogP contribution in [0.2, 0.25) is 0 Å². The number of aromatic nitrogens is 3. The fourth-order valence-electron chi connectivity index (χ4n) is 2.39. The zero-order chi connectivity index (χ0) is 11.7. The molecule has 2 aromatic heterocycles. The van der Waals surface area contributed by atoms with Crippen LogP contribution in [-0.4, -0.2) is 14.5 Å². The molecule has 2 N–H and O–H groups in total. The van der Waals surface area contributed by atoms with Gasteiger partial charge in [0.2, 0.25) is 0 Å². The number of pyridine rings is 1. The standard InChI is InChI=1S/C13H16N4/c14-8-10-5-6-15-13(7-10)17-9-16-11-3-1-2-4-12(11)17/h5-7,9H,1-4,8,14H2. The van der Waals surface area contributed by atoms with Gasteiger partial charge in [-0.1, -0.05) is 0 Å². The first-order valence-corrected chi connectivity index (χ1v) is 6.09. The minimum atomic E-state index is 0.548. The molecule has 0 bridgehead atoms. The van der Waals surface area contributed by atoms with Crippen molar-refractivity contribution >= 4 is 0 Å². The normalized spacial score (nSPS) is 14.6. The van der Waals surface area contributed by atoms with Crippen LogP contribution in [0.5, 0.6) is 0 Å². The molecule has 4 heteroatoms. The second-order valence-corrected chi connectivity index (χ2v) is 4.44. The molecule has 0 atom stereocenters. The van der Waals surface area contributed by atoms with Crippen molar-refractivity contribution in [1.29, 1.82) is 0 Å². The van der Waals surface area contributed by atoms with Crippen molar-refractivity contribution in [3.63, 3.8) is 0 Å². The Hall–Kier alpha value is -1.68. The number of aryl methyl sites for hydroxylation is 1. The Morgan fingerprint density at radius 2 is 2.12 bits per heavy atom. The van der Waals surface area contributed by atoms with Gasteiger partial charge in [0.15, 0.2) is 0 Å². The molecular formula is C13H16N4. The van der Waals surface area contributed by atoms with Gasteiger partial charge in [0.25, 0.3) is 0 Å². The number of nitrogens with two attached hydrogens (primary N) is 1. The van der Waals surface area contributed by atoms with Crippen molar-refractivity contribution in [3.05, 3.63) is 41.6 Å². The first-order chi connectivity index (χ1) is 8.38. The lowest BCUT2D eigenvalue weighted by molar-refractivity contribution is 0.654. The van der Waals surface area contributed by atoms with Crippen LogP contribution in [0.1, 0.15) is 29.8 Å². The van der Waals surface area contributed by atoms with Gasteiger partial charge in [-0.15, -0.1) is 0 Å². The Balaban J connectivity index is 2.05. The molecule has 1 aliphatic rings. The maximum atomic E-state index is 5.66. The highest BCUT2D eigenvalue weighted by molar-refractivity contribution is 5.32. The monoisotopic (exact) mass is 228 g/mol. The van der Waals surface area contributed by atoms with Gasteiger partial charge in [-0.2, -0.15) is 0 Å². The van der Waals surface area contributed by atoms with Gasteiger partial charge in [-0.3, -0.25) is 4.57 Å². The van der Waals surface area contributed by atoms with E-state index in [2.05, 4.69) is 14.5 Å². The summed E-state index contributed by atoms with van der Waals surface area (Å²) in [5, 5.41) is 0. The molecule has 2 aromatic rings. The summed E-state index contributed by atoms with van der Waals surface area (Å²) in [7, 11) is 0. The van der Waals surface area contributed by atoms with Crippen LogP contribution >= 0.6 is 0 Å². The molecule has 1 aliphatic carbocycles. The molecule has 3 rings (SSSR count). The summed E-state index contributed by atoms with van der Waals surface area (Å²) >= 11 is 0. The first kappa shape index (κ1) is 10.5. The average molecular weight is 228 g/mol. The van der Waals surface area contributed by atoms with Crippen molar-refractivity contribution < 1.29 is 0 Å². The predicted molar refractivity (Wildman–Crippen MR) is 65.9 cm³/mol. The number of fused-ring (bicyclic) bond motifs is 1. The third kappa shape index (κ3) is 1.85. The molecule has 0 saturated heterocycles. The molecule has 0 aliphatic heterocycles. The zero-order valence-electron chi connectivity index (χ0n) is 9.76. The SMILES string of the molecule is NCc1ccnc(-n2cnc3c2CCCC3)c1. The maximum Gasteiger partial charge on any atom is 0.138 e. The van der Waals surface area contributed by atoms with Crippen molar-refractivity contribution in [2.24, 2.45) is 5.73 Å². The summed E-state index contributed by atoms with van der Waals surface area (Å²) in [6.45, 7) is 0.548. The first-order valence-electron chi connectivity index (χ1n) is 6.09. The van der Waals surface area contributed by atoms with E-state index in [0.29, 0.717) is 6.54 Å². The molecule has 4 nitrogen and oxygen atoms in total. The van der Waals surface area contributed by atoms with E-state index >= 15 is 0 Å².